The van der Waals surface area contributed by atoms with Gasteiger partial charge < -0.3 is 19.1 Å². The van der Waals surface area contributed by atoms with Gasteiger partial charge in [0, 0.05) is 24.1 Å². The average molecular weight is 361 g/mol. The molecule has 1 atom stereocenters. The number of carbonyl (C=O) groups is 1. The lowest BCUT2D eigenvalue weighted by molar-refractivity contribution is 0.0507. The van der Waals surface area contributed by atoms with Crippen LogP contribution in [0.5, 0.6) is 11.5 Å². The monoisotopic (exact) mass is 361 g/mol. The Bertz CT molecular complexity index is 695. The maximum absolute atomic E-state index is 13.2. The number of rotatable bonds is 7. The summed E-state index contributed by atoms with van der Waals surface area (Å²) in [7, 11) is 3.16. The number of hydrogen-bond acceptors (Lipinski definition) is 5. The summed E-state index contributed by atoms with van der Waals surface area (Å²) in [6, 6.07) is 9.33. The van der Waals surface area contributed by atoms with E-state index >= 15 is 0 Å². The molecule has 0 N–H and O–H groups in total. The highest BCUT2D eigenvalue weighted by Gasteiger charge is 2.26. The smallest absolute Gasteiger partial charge is 0.258 e. The Morgan fingerprint density at radius 1 is 1.32 bits per heavy atom. The highest BCUT2D eigenvalue weighted by Crippen LogP contribution is 2.27. The van der Waals surface area contributed by atoms with Crippen LogP contribution in [0.4, 0.5) is 0 Å². The lowest BCUT2D eigenvalue weighted by Crippen LogP contribution is -2.37. The highest BCUT2D eigenvalue weighted by molar-refractivity contribution is 7.09. The first-order valence-electron chi connectivity index (χ1n) is 8.36. The Morgan fingerprint density at radius 3 is 2.84 bits per heavy atom. The van der Waals surface area contributed by atoms with E-state index in [0.29, 0.717) is 30.2 Å². The lowest BCUT2D eigenvalue weighted by atomic mass is 10.1. The molecular formula is C19H23NO4S. The molecule has 1 aromatic carbocycles. The first-order chi connectivity index (χ1) is 12.2. The second-order valence-corrected chi connectivity index (χ2v) is 7.00. The van der Waals surface area contributed by atoms with Gasteiger partial charge in [-0.1, -0.05) is 6.07 Å². The van der Waals surface area contributed by atoms with Crippen molar-refractivity contribution < 1.29 is 19.0 Å². The van der Waals surface area contributed by atoms with Gasteiger partial charge in [0.2, 0.25) is 0 Å². The summed E-state index contributed by atoms with van der Waals surface area (Å²) in [6.07, 6.45) is 2.15. The quantitative estimate of drug-likeness (QED) is 0.756. The largest absolute Gasteiger partial charge is 0.497 e. The SMILES string of the molecule is COc1ccc(C(=O)N(Cc2cccs2)CC2CCCO2)c(OC)c1. The zero-order valence-electron chi connectivity index (χ0n) is 14.6. The van der Waals surface area contributed by atoms with Crippen LogP contribution in [0.25, 0.3) is 0 Å². The molecule has 5 nitrogen and oxygen atoms in total. The van der Waals surface area contributed by atoms with Crippen LogP contribution < -0.4 is 9.47 Å². The number of carbonyl (C=O) groups excluding carboxylic acids is 1. The normalized spacial score (nSPS) is 16.6. The fourth-order valence-electron chi connectivity index (χ4n) is 2.99. The summed E-state index contributed by atoms with van der Waals surface area (Å²) in [4.78, 5) is 16.2. The van der Waals surface area contributed by atoms with Crippen molar-refractivity contribution in [1.29, 1.82) is 0 Å². The molecule has 0 aliphatic carbocycles. The predicted molar refractivity (Wildman–Crippen MR) is 97.6 cm³/mol. The summed E-state index contributed by atoms with van der Waals surface area (Å²) < 4.78 is 16.4. The minimum Gasteiger partial charge on any atom is -0.497 e. The second-order valence-electron chi connectivity index (χ2n) is 5.97. The molecule has 0 bridgehead atoms. The molecule has 1 aromatic heterocycles. The summed E-state index contributed by atoms with van der Waals surface area (Å²) >= 11 is 1.65. The van der Waals surface area contributed by atoms with Crippen molar-refractivity contribution in [3.8, 4) is 11.5 Å². The van der Waals surface area contributed by atoms with Gasteiger partial charge in [0.1, 0.15) is 11.5 Å². The van der Waals surface area contributed by atoms with Crippen LogP contribution in [0.1, 0.15) is 28.1 Å². The van der Waals surface area contributed by atoms with Gasteiger partial charge in [-0.3, -0.25) is 4.79 Å². The van der Waals surface area contributed by atoms with Crippen molar-refractivity contribution in [3.63, 3.8) is 0 Å². The molecular weight excluding hydrogens is 338 g/mol. The van der Waals surface area contributed by atoms with Crippen molar-refractivity contribution in [2.75, 3.05) is 27.4 Å². The fraction of sp³-hybridized carbons (Fsp3) is 0.421. The van der Waals surface area contributed by atoms with Gasteiger partial charge in [0.25, 0.3) is 5.91 Å². The zero-order chi connectivity index (χ0) is 17.6. The molecule has 1 amide bonds. The minimum absolute atomic E-state index is 0.0524. The van der Waals surface area contributed by atoms with E-state index in [1.165, 1.54) is 0 Å². The van der Waals surface area contributed by atoms with Crippen LogP contribution in [0, 0.1) is 0 Å². The Labute approximate surface area is 152 Å². The van der Waals surface area contributed by atoms with Gasteiger partial charge in [-0.25, -0.2) is 0 Å². The number of ether oxygens (including phenoxy) is 3. The Hall–Kier alpha value is -2.05. The fourth-order valence-corrected chi connectivity index (χ4v) is 3.71. The first-order valence-corrected chi connectivity index (χ1v) is 9.24. The molecule has 134 valence electrons. The van der Waals surface area contributed by atoms with E-state index < -0.39 is 0 Å². The maximum atomic E-state index is 13.2. The van der Waals surface area contributed by atoms with E-state index in [1.807, 2.05) is 22.4 Å². The van der Waals surface area contributed by atoms with Crippen LogP contribution in [-0.4, -0.2) is 44.3 Å². The molecule has 2 aromatic rings. The zero-order valence-corrected chi connectivity index (χ0v) is 15.4. The van der Waals surface area contributed by atoms with E-state index in [0.717, 1.165) is 24.3 Å². The van der Waals surface area contributed by atoms with Crippen molar-refractivity contribution >= 4 is 17.2 Å². The molecule has 2 heterocycles. The topological polar surface area (TPSA) is 48.0 Å². The number of benzene rings is 1. The molecule has 1 aliphatic heterocycles. The molecule has 25 heavy (non-hydrogen) atoms. The third-order valence-electron chi connectivity index (χ3n) is 4.30. The van der Waals surface area contributed by atoms with Crippen molar-refractivity contribution in [3.05, 3.63) is 46.2 Å². The average Bonchev–Trinajstić information content (AvgIpc) is 3.34. The standard InChI is InChI=1S/C19H23NO4S/c1-22-14-7-8-17(18(11-14)23-2)19(21)20(12-15-5-3-9-24-15)13-16-6-4-10-25-16/h4,6-8,10-11,15H,3,5,9,12-13H2,1-2H3. The van der Waals surface area contributed by atoms with Crippen LogP contribution in [0.2, 0.25) is 0 Å². The molecule has 0 radical (unpaired) electrons. The molecule has 0 saturated carbocycles. The van der Waals surface area contributed by atoms with E-state index in [2.05, 4.69) is 0 Å². The van der Waals surface area contributed by atoms with E-state index in [1.54, 1.807) is 43.8 Å². The second kappa shape index (κ2) is 8.36. The van der Waals surface area contributed by atoms with Gasteiger partial charge in [-0.15, -0.1) is 11.3 Å². The maximum Gasteiger partial charge on any atom is 0.258 e. The Balaban J connectivity index is 1.84. The predicted octanol–water partition coefficient (Wildman–Crippen LogP) is 3.59. The van der Waals surface area contributed by atoms with Gasteiger partial charge in [0.15, 0.2) is 0 Å². The van der Waals surface area contributed by atoms with Gasteiger partial charge in [0.05, 0.1) is 32.4 Å². The summed E-state index contributed by atoms with van der Waals surface area (Å²) in [5.74, 6) is 1.13. The summed E-state index contributed by atoms with van der Waals surface area (Å²) in [5.41, 5.74) is 0.540. The first kappa shape index (κ1) is 17.8. The van der Waals surface area contributed by atoms with Crippen LogP contribution in [0.15, 0.2) is 35.7 Å². The molecule has 3 rings (SSSR count). The number of nitrogens with zero attached hydrogens (tertiary/aromatic N) is 1. The van der Waals surface area contributed by atoms with Crippen LogP contribution in [-0.2, 0) is 11.3 Å². The third-order valence-corrected chi connectivity index (χ3v) is 5.16. The van der Waals surface area contributed by atoms with Crippen molar-refractivity contribution in [2.24, 2.45) is 0 Å². The molecule has 1 saturated heterocycles. The molecule has 6 heteroatoms. The highest BCUT2D eigenvalue weighted by atomic mass is 32.1. The van der Waals surface area contributed by atoms with Gasteiger partial charge in [-0.05, 0) is 36.4 Å². The van der Waals surface area contributed by atoms with Crippen molar-refractivity contribution in [1.82, 2.24) is 4.90 Å². The Kier molecular flexibility index (Phi) is 5.94. The Morgan fingerprint density at radius 2 is 2.20 bits per heavy atom. The third kappa shape index (κ3) is 4.32. The lowest BCUT2D eigenvalue weighted by Gasteiger charge is -2.26. The minimum atomic E-state index is -0.0524. The van der Waals surface area contributed by atoms with Gasteiger partial charge in [-0.2, -0.15) is 0 Å². The molecule has 1 fully saturated rings. The molecule has 1 aliphatic rings. The van der Waals surface area contributed by atoms with E-state index in [9.17, 15) is 4.79 Å². The van der Waals surface area contributed by atoms with E-state index in [-0.39, 0.29) is 12.0 Å². The van der Waals surface area contributed by atoms with Crippen molar-refractivity contribution in [2.45, 2.75) is 25.5 Å². The summed E-state index contributed by atoms with van der Waals surface area (Å²) in [5, 5.41) is 2.03. The molecule has 1 unspecified atom stereocenters. The van der Waals surface area contributed by atoms with Crippen LogP contribution in [0.3, 0.4) is 0 Å². The van der Waals surface area contributed by atoms with E-state index in [4.69, 9.17) is 14.2 Å². The molecule has 0 spiro atoms. The number of thiophene rings is 1. The number of methoxy groups -OCH3 is 2. The number of amides is 1. The summed E-state index contributed by atoms with van der Waals surface area (Å²) in [6.45, 7) is 1.94. The van der Waals surface area contributed by atoms with Crippen LogP contribution >= 0.6 is 11.3 Å². The van der Waals surface area contributed by atoms with Gasteiger partial charge >= 0.3 is 0 Å². The number of hydrogen-bond donors (Lipinski definition) is 0.